The van der Waals surface area contributed by atoms with E-state index in [-0.39, 0.29) is 19.1 Å². The van der Waals surface area contributed by atoms with Crippen molar-refractivity contribution in [1.29, 1.82) is 0 Å². The van der Waals surface area contributed by atoms with Gasteiger partial charge in [0.25, 0.3) is 0 Å². The second-order valence-corrected chi connectivity index (χ2v) is 6.30. The summed E-state index contributed by atoms with van der Waals surface area (Å²) in [6, 6.07) is 9.24. The van der Waals surface area contributed by atoms with Crippen molar-refractivity contribution in [3.63, 3.8) is 0 Å². The van der Waals surface area contributed by atoms with Gasteiger partial charge in [0.2, 0.25) is 5.91 Å². The Kier molecular flexibility index (Phi) is 6.55. The van der Waals surface area contributed by atoms with E-state index < -0.39 is 17.5 Å². The van der Waals surface area contributed by atoms with E-state index in [4.69, 9.17) is 4.74 Å². The number of carbonyl (C=O) groups excluding carboxylic acids is 2. The van der Waals surface area contributed by atoms with Crippen molar-refractivity contribution in [2.75, 3.05) is 6.54 Å². The first-order chi connectivity index (χ1) is 11.6. The summed E-state index contributed by atoms with van der Waals surface area (Å²) in [6.07, 6.45) is 4.69. The molecule has 24 heavy (non-hydrogen) atoms. The Labute approximate surface area is 142 Å². The van der Waals surface area contributed by atoms with Crippen molar-refractivity contribution in [3.05, 3.63) is 48.6 Å². The van der Waals surface area contributed by atoms with Gasteiger partial charge in [-0.2, -0.15) is 0 Å². The molecule has 0 aromatic heterocycles. The van der Waals surface area contributed by atoms with Crippen LogP contribution in [0.25, 0.3) is 0 Å². The molecule has 5 heteroatoms. The van der Waals surface area contributed by atoms with Gasteiger partial charge in [0.15, 0.2) is 6.10 Å². The molecule has 2 rings (SSSR count). The summed E-state index contributed by atoms with van der Waals surface area (Å²) in [5.41, 5.74) is 0.410. The number of aliphatic hydroxyl groups is 1. The van der Waals surface area contributed by atoms with Crippen LogP contribution in [0.15, 0.2) is 43.0 Å². The Morgan fingerprint density at radius 3 is 2.58 bits per heavy atom. The van der Waals surface area contributed by atoms with E-state index in [0.717, 1.165) is 31.2 Å². The number of allylic oxidation sites excluding steroid dienone is 1. The van der Waals surface area contributed by atoms with Crippen LogP contribution in [0.5, 0.6) is 0 Å². The molecule has 0 heterocycles. The summed E-state index contributed by atoms with van der Waals surface area (Å²) in [6.45, 7) is 3.69. The molecule has 1 aromatic carbocycles. The molecule has 1 aliphatic carbocycles. The first kappa shape index (κ1) is 18.2. The molecular formula is C19H25NO4. The molecule has 1 saturated carbocycles. The van der Waals surface area contributed by atoms with Crippen molar-refractivity contribution in [1.82, 2.24) is 5.32 Å². The second-order valence-electron chi connectivity index (χ2n) is 6.30. The van der Waals surface area contributed by atoms with E-state index in [1.165, 1.54) is 0 Å². The van der Waals surface area contributed by atoms with Crippen LogP contribution in [0.3, 0.4) is 0 Å². The van der Waals surface area contributed by atoms with Gasteiger partial charge in [-0.1, -0.05) is 49.2 Å². The lowest BCUT2D eigenvalue weighted by Crippen LogP contribution is -2.44. The zero-order chi connectivity index (χ0) is 17.4. The monoisotopic (exact) mass is 331 g/mol. The summed E-state index contributed by atoms with van der Waals surface area (Å²) in [5, 5.41) is 12.6. The topological polar surface area (TPSA) is 75.6 Å². The van der Waals surface area contributed by atoms with Gasteiger partial charge < -0.3 is 15.2 Å². The van der Waals surface area contributed by atoms with Gasteiger partial charge in [0.1, 0.15) is 6.61 Å². The normalized spacial score (nSPS) is 17.0. The third kappa shape index (κ3) is 4.68. The SMILES string of the molecule is C=CCC1(C(=O)NC[C@H](O)C(=O)OCc2ccccc2)CCCC1. The molecule has 0 spiro atoms. The Morgan fingerprint density at radius 2 is 1.96 bits per heavy atom. The van der Waals surface area contributed by atoms with Crippen LogP contribution in [0.4, 0.5) is 0 Å². The van der Waals surface area contributed by atoms with Crippen LogP contribution in [-0.4, -0.2) is 29.6 Å². The largest absolute Gasteiger partial charge is 0.459 e. The average Bonchev–Trinajstić information content (AvgIpc) is 3.08. The summed E-state index contributed by atoms with van der Waals surface area (Å²) in [7, 11) is 0. The molecule has 1 amide bonds. The predicted octanol–water partition coefficient (Wildman–Crippen LogP) is 2.34. The smallest absolute Gasteiger partial charge is 0.337 e. The molecule has 130 valence electrons. The number of hydrogen-bond donors (Lipinski definition) is 2. The highest BCUT2D eigenvalue weighted by molar-refractivity contribution is 5.84. The standard InChI is InChI=1S/C19H25NO4/c1-2-10-19(11-6-7-12-19)18(23)20-13-16(21)17(22)24-14-15-8-4-3-5-9-15/h2-5,8-9,16,21H,1,6-7,10-14H2,(H,20,23)/t16-/m0/s1. The molecular weight excluding hydrogens is 306 g/mol. The van der Waals surface area contributed by atoms with Gasteiger partial charge in [0.05, 0.1) is 12.0 Å². The first-order valence-electron chi connectivity index (χ1n) is 8.35. The fraction of sp³-hybridized carbons (Fsp3) is 0.474. The number of esters is 1. The van der Waals surface area contributed by atoms with E-state index in [1.54, 1.807) is 6.08 Å². The van der Waals surface area contributed by atoms with Crippen LogP contribution in [0, 0.1) is 5.41 Å². The first-order valence-corrected chi connectivity index (χ1v) is 8.35. The second kappa shape index (κ2) is 8.64. The molecule has 0 unspecified atom stereocenters. The Bertz CT molecular complexity index is 564. The van der Waals surface area contributed by atoms with Crippen LogP contribution in [0.1, 0.15) is 37.7 Å². The highest BCUT2D eigenvalue weighted by Gasteiger charge is 2.40. The number of rotatable bonds is 8. The number of hydrogen-bond acceptors (Lipinski definition) is 4. The number of amides is 1. The van der Waals surface area contributed by atoms with Gasteiger partial charge in [-0.05, 0) is 24.8 Å². The molecule has 0 aliphatic heterocycles. The molecule has 0 bridgehead atoms. The number of nitrogens with one attached hydrogen (secondary N) is 1. The summed E-state index contributed by atoms with van der Waals surface area (Å²) in [5.74, 6) is -0.849. The van der Waals surface area contributed by atoms with Crippen LogP contribution >= 0.6 is 0 Å². The zero-order valence-electron chi connectivity index (χ0n) is 13.9. The van der Waals surface area contributed by atoms with E-state index >= 15 is 0 Å². The third-order valence-electron chi connectivity index (χ3n) is 4.53. The molecule has 1 aliphatic rings. The highest BCUT2D eigenvalue weighted by Crippen LogP contribution is 2.41. The van der Waals surface area contributed by atoms with Crippen LogP contribution < -0.4 is 5.32 Å². The quantitative estimate of drug-likeness (QED) is 0.566. The van der Waals surface area contributed by atoms with E-state index in [1.807, 2.05) is 30.3 Å². The average molecular weight is 331 g/mol. The lowest BCUT2D eigenvalue weighted by Gasteiger charge is -2.26. The van der Waals surface area contributed by atoms with Crippen molar-refractivity contribution in [2.45, 2.75) is 44.8 Å². The van der Waals surface area contributed by atoms with E-state index in [2.05, 4.69) is 11.9 Å². The van der Waals surface area contributed by atoms with Gasteiger partial charge in [0, 0.05) is 0 Å². The molecule has 5 nitrogen and oxygen atoms in total. The molecule has 1 atom stereocenters. The number of ether oxygens (including phenoxy) is 1. The number of aliphatic hydroxyl groups excluding tert-OH is 1. The summed E-state index contributed by atoms with van der Waals surface area (Å²) < 4.78 is 5.06. The lowest BCUT2D eigenvalue weighted by molar-refractivity contribution is -0.154. The number of carbonyl (C=O) groups is 2. The molecule has 0 radical (unpaired) electrons. The van der Waals surface area contributed by atoms with Crippen molar-refractivity contribution < 1.29 is 19.4 Å². The molecule has 1 aromatic rings. The van der Waals surface area contributed by atoms with E-state index in [9.17, 15) is 14.7 Å². The fourth-order valence-electron chi connectivity index (χ4n) is 3.14. The molecule has 2 N–H and O–H groups in total. The Morgan fingerprint density at radius 1 is 1.29 bits per heavy atom. The summed E-state index contributed by atoms with van der Waals surface area (Å²) >= 11 is 0. The Hall–Kier alpha value is -2.14. The number of benzene rings is 1. The molecule has 1 fully saturated rings. The van der Waals surface area contributed by atoms with Crippen molar-refractivity contribution in [3.8, 4) is 0 Å². The van der Waals surface area contributed by atoms with Gasteiger partial charge in [-0.15, -0.1) is 6.58 Å². The fourth-order valence-corrected chi connectivity index (χ4v) is 3.14. The van der Waals surface area contributed by atoms with Crippen molar-refractivity contribution in [2.24, 2.45) is 5.41 Å². The maximum absolute atomic E-state index is 12.4. The van der Waals surface area contributed by atoms with Crippen LogP contribution in [-0.2, 0) is 20.9 Å². The van der Waals surface area contributed by atoms with Gasteiger partial charge in [-0.3, -0.25) is 4.79 Å². The zero-order valence-corrected chi connectivity index (χ0v) is 13.9. The minimum atomic E-state index is -1.36. The predicted molar refractivity (Wildman–Crippen MR) is 91.0 cm³/mol. The lowest BCUT2D eigenvalue weighted by atomic mass is 9.81. The maximum Gasteiger partial charge on any atom is 0.337 e. The minimum Gasteiger partial charge on any atom is -0.459 e. The molecule has 0 saturated heterocycles. The maximum atomic E-state index is 12.4. The van der Waals surface area contributed by atoms with Gasteiger partial charge >= 0.3 is 5.97 Å². The Balaban J connectivity index is 1.79. The minimum absolute atomic E-state index is 0.102. The summed E-state index contributed by atoms with van der Waals surface area (Å²) in [4.78, 5) is 24.3. The van der Waals surface area contributed by atoms with Crippen molar-refractivity contribution >= 4 is 11.9 Å². The van der Waals surface area contributed by atoms with E-state index in [0.29, 0.717) is 6.42 Å². The highest BCUT2D eigenvalue weighted by atomic mass is 16.5. The van der Waals surface area contributed by atoms with Crippen LogP contribution in [0.2, 0.25) is 0 Å². The third-order valence-corrected chi connectivity index (χ3v) is 4.53. The van der Waals surface area contributed by atoms with Gasteiger partial charge in [-0.25, -0.2) is 4.79 Å².